The van der Waals surface area contributed by atoms with Gasteiger partial charge in [-0.25, -0.2) is 8.42 Å². The van der Waals surface area contributed by atoms with Crippen LogP contribution >= 0.6 is 0 Å². The Labute approximate surface area is 96.6 Å². The second-order valence-corrected chi connectivity index (χ2v) is 6.23. The third kappa shape index (κ3) is 2.96. The number of sulfone groups is 1. The van der Waals surface area contributed by atoms with Gasteiger partial charge in [0.25, 0.3) is 0 Å². The molecule has 2 unspecified atom stereocenters. The van der Waals surface area contributed by atoms with Gasteiger partial charge in [-0.2, -0.15) is 0 Å². The van der Waals surface area contributed by atoms with E-state index in [1.807, 2.05) is 6.92 Å². The predicted molar refractivity (Wildman–Crippen MR) is 66.7 cm³/mol. The van der Waals surface area contributed by atoms with Crippen molar-refractivity contribution in [1.29, 1.82) is 0 Å². The van der Waals surface area contributed by atoms with Crippen LogP contribution < -0.4 is 11.5 Å². The lowest BCUT2D eigenvalue weighted by Gasteiger charge is -2.21. The first-order valence-corrected chi connectivity index (χ1v) is 7.11. The highest BCUT2D eigenvalue weighted by atomic mass is 32.2. The number of hydrogen-bond acceptors (Lipinski definition) is 4. The number of nitrogens with two attached hydrogens (primary N) is 2. The minimum atomic E-state index is -3.13. The first-order valence-electron chi connectivity index (χ1n) is 5.16. The largest absolute Gasteiger partial charge is 0.399 e. The lowest BCUT2D eigenvalue weighted by Crippen LogP contribution is -2.32. The summed E-state index contributed by atoms with van der Waals surface area (Å²) < 4.78 is 23.1. The molecule has 4 N–H and O–H groups in total. The molecule has 0 aliphatic carbocycles. The molecule has 0 saturated heterocycles. The maximum atomic E-state index is 11.5. The smallest absolute Gasteiger partial charge is 0.152 e. The highest BCUT2D eigenvalue weighted by Gasteiger charge is 2.26. The molecule has 0 aliphatic rings. The van der Waals surface area contributed by atoms with Gasteiger partial charge in [-0.1, -0.05) is 19.1 Å². The van der Waals surface area contributed by atoms with Crippen LogP contribution in [0.1, 0.15) is 24.9 Å². The molecule has 0 amide bonds. The van der Waals surface area contributed by atoms with E-state index in [9.17, 15) is 8.42 Å². The third-order valence-corrected chi connectivity index (χ3v) is 4.40. The minimum Gasteiger partial charge on any atom is -0.399 e. The van der Waals surface area contributed by atoms with Gasteiger partial charge in [0.1, 0.15) is 0 Å². The number of anilines is 1. The number of benzene rings is 1. The third-order valence-electron chi connectivity index (χ3n) is 2.67. The van der Waals surface area contributed by atoms with Gasteiger partial charge in [-0.05, 0) is 24.1 Å². The standard InChI is InChI=1S/C11H18N2O2S/c1-3-10(16(2,14)15)11(13)8-4-6-9(12)7-5-8/h4-7,10-11H,3,12-13H2,1-2H3. The van der Waals surface area contributed by atoms with Crippen LogP contribution in [-0.4, -0.2) is 19.9 Å². The Morgan fingerprint density at radius 1 is 1.25 bits per heavy atom. The predicted octanol–water partition coefficient (Wildman–Crippen LogP) is 1.09. The van der Waals surface area contributed by atoms with E-state index in [-0.39, 0.29) is 0 Å². The normalized spacial score (nSPS) is 15.7. The molecule has 90 valence electrons. The second-order valence-electron chi connectivity index (χ2n) is 3.97. The first kappa shape index (κ1) is 13.0. The van der Waals surface area contributed by atoms with Crippen molar-refractivity contribution in [1.82, 2.24) is 0 Å². The summed E-state index contributed by atoms with van der Waals surface area (Å²) >= 11 is 0. The summed E-state index contributed by atoms with van der Waals surface area (Å²) in [6.07, 6.45) is 1.72. The van der Waals surface area contributed by atoms with E-state index in [1.54, 1.807) is 24.3 Å². The summed E-state index contributed by atoms with van der Waals surface area (Å²) in [6.45, 7) is 1.82. The Morgan fingerprint density at radius 3 is 2.12 bits per heavy atom. The van der Waals surface area contributed by atoms with Gasteiger partial charge in [0, 0.05) is 18.0 Å². The molecule has 0 spiro atoms. The molecule has 0 radical (unpaired) electrons. The Morgan fingerprint density at radius 2 is 1.75 bits per heavy atom. The average molecular weight is 242 g/mol. The van der Waals surface area contributed by atoms with Gasteiger partial charge in [0.2, 0.25) is 0 Å². The van der Waals surface area contributed by atoms with Gasteiger partial charge < -0.3 is 11.5 Å². The summed E-state index contributed by atoms with van der Waals surface area (Å²) in [7, 11) is -3.13. The van der Waals surface area contributed by atoms with Crippen LogP contribution in [0.4, 0.5) is 5.69 Å². The van der Waals surface area contributed by atoms with Crippen LogP contribution in [-0.2, 0) is 9.84 Å². The highest BCUT2D eigenvalue weighted by molar-refractivity contribution is 7.91. The Kier molecular flexibility index (Phi) is 3.93. The molecule has 0 saturated carbocycles. The number of hydrogen-bond donors (Lipinski definition) is 2. The fraction of sp³-hybridized carbons (Fsp3) is 0.455. The summed E-state index contributed by atoms with van der Waals surface area (Å²) in [6, 6.07) is 6.50. The lowest BCUT2D eigenvalue weighted by atomic mass is 10.0. The molecule has 1 aromatic rings. The Balaban J connectivity index is 3.00. The second kappa shape index (κ2) is 4.84. The van der Waals surface area contributed by atoms with E-state index in [4.69, 9.17) is 11.5 Å². The molecule has 0 heterocycles. The summed E-state index contributed by atoms with van der Waals surface area (Å²) in [5.41, 5.74) is 13.0. The van der Waals surface area contributed by atoms with Crippen LogP contribution in [0.15, 0.2) is 24.3 Å². The fourth-order valence-corrected chi connectivity index (χ4v) is 3.05. The van der Waals surface area contributed by atoms with Crippen molar-refractivity contribution in [2.75, 3.05) is 12.0 Å². The molecule has 0 bridgehead atoms. The number of nitrogen functional groups attached to an aromatic ring is 1. The van der Waals surface area contributed by atoms with Gasteiger partial charge in [-0.15, -0.1) is 0 Å². The highest BCUT2D eigenvalue weighted by Crippen LogP contribution is 2.22. The zero-order valence-electron chi connectivity index (χ0n) is 9.55. The molecular formula is C11H18N2O2S. The molecule has 1 aromatic carbocycles. The van der Waals surface area contributed by atoms with E-state index in [0.717, 1.165) is 5.56 Å². The van der Waals surface area contributed by atoms with Crippen LogP contribution in [0.2, 0.25) is 0 Å². The van der Waals surface area contributed by atoms with Gasteiger partial charge in [0.15, 0.2) is 9.84 Å². The summed E-state index contributed by atoms with van der Waals surface area (Å²) in [4.78, 5) is 0. The van der Waals surface area contributed by atoms with E-state index >= 15 is 0 Å². The topological polar surface area (TPSA) is 86.2 Å². The van der Waals surface area contributed by atoms with E-state index in [0.29, 0.717) is 12.1 Å². The van der Waals surface area contributed by atoms with Crippen molar-refractivity contribution >= 4 is 15.5 Å². The maximum absolute atomic E-state index is 11.5. The monoisotopic (exact) mass is 242 g/mol. The molecule has 0 aliphatic heterocycles. The summed E-state index contributed by atoms with van der Waals surface area (Å²) in [5.74, 6) is 0. The van der Waals surface area contributed by atoms with Crippen molar-refractivity contribution < 1.29 is 8.42 Å². The zero-order chi connectivity index (χ0) is 12.3. The SMILES string of the molecule is CCC(C(N)c1ccc(N)cc1)S(C)(=O)=O. The quantitative estimate of drug-likeness (QED) is 0.774. The lowest BCUT2D eigenvalue weighted by molar-refractivity contribution is 0.553. The molecule has 5 heteroatoms. The van der Waals surface area contributed by atoms with Crippen LogP contribution in [0, 0.1) is 0 Å². The van der Waals surface area contributed by atoms with E-state index < -0.39 is 21.1 Å². The van der Waals surface area contributed by atoms with E-state index in [2.05, 4.69) is 0 Å². The van der Waals surface area contributed by atoms with Crippen molar-refractivity contribution in [2.45, 2.75) is 24.6 Å². The van der Waals surface area contributed by atoms with Crippen LogP contribution in [0.3, 0.4) is 0 Å². The molecule has 1 rings (SSSR count). The maximum Gasteiger partial charge on any atom is 0.152 e. The molecule has 0 aromatic heterocycles. The van der Waals surface area contributed by atoms with Crippen molar-refractivity contribution in [3.8, 4) is 0 Å². The van der Waals surface area contributed by atoms with Gasteiger partial charge >= 0.3 is 0 Å². The first-order chi connectivity index (χ1) is 7.36. The van der Waals surface area contributed by atoms with E-state index in [1.165, 1.54) is 6.26 Å². The molecule has 4 nitrogen and oxygen atoms in total. The van der Waals surface area contributed by atoms with Gasteiger partial charge in [-0.3, -0.25) is 0 Å². The fourth-order valence-electron chi connectivity index (χ4n) is 1.76. The van der Waals surface area contributed by atoms with Crippen molar-refractivity contribution in [2.24, 2.45) is 5.73 Å². The minimum absolute atomic E-state index is 0.499. The summed E-state index contributed by atoms with van der Waals surface area (Å²) in [5, 5.41) is -0.545. The van der Waals surface area contributed by atoms with Crippen LogP contribution in [0.5, 0.6) is 0 Å². The number of rotatable bonds is 4. The molecule has 2 atom stereocenters. The molecule has 16 heavy (non-hydrogen) atoms. The molecule has 0 fully saturated rings. The molecular weight excluding hydrogens is 224 g/mol. The van der Waals surface area contributed by atoms with Gasteiger partial charge in [0.05, 0.1) is 5.25 Å². The van der Waals surface area contributed by atoms with Crippen molar-refractivity contribution in [3.63, 3.8) is 0 Å². The average Bonchev–Trinajstić information content (AvgIpc) is 2.17. The Bertz CT molecular complexity index is 440. The Hall–Kier alpha value is -1.07. The van der Waals surface area contributed by atoms with Crippen LogP contribution in [0.25, 0.3) is 0 Å². The van der Waals surface area contributed by atoms with Crippen molar-refractivity contribution in [3.05, 3.63) is 29.8 Å². The zero-order valence-corrected chi connectivity index (χ0v) is 10.4.